The number of rotatable bonds is 2. The average molecular weight is 248 g/mol. The van der Waals surface area contributed by atoms with E-state index in [2.05, 4.69) is 10.6 Å². The van der Waals surface area contributed by atoms with Crippen LogP contribution in [0.25, 0.3) is 0 Å². The van der Waals surface area contributed by atoms with Crippen molar-refractivity contribution in [2.45, 2.75) is 37.8 Å². The van der Waals surface area contributed by atoms with Crippen molar-refractivity contribution in [3.63, 3.8) is 0 Å². The lowest BCUT2D eigenvalue weighted by Crippen LogP contribution is -2.29. The lowest BCUT2D eigenvalue weighted by molar-refractivity contribution is -0.140. The maximum atomic E-state index is 10.1. The number of carboxylic acid groups (broad SMARTS) is 2. The highest BCUT2D eigenvalue weighted by Gasteiger charge is 2.20. The molecule has 2 rings (SSSR count). The fourth-order valence-electron chi connectivity index (χ4n) is 1.79. The molecule has 2 atom stereocenters. The van der Waals surface area contributed by atoms with Gasteiger partial charge in [-0.15, -0.1) is 0 Å². The van der Waals surface area contributed by atoms with E-state index >= 15 is 0 Å². The van der Waals surface area contributed by atoms with E-state index < -0.39 is 11.9 Å². The molecule has 7 heteroatoms. The van der Waals surface area contributed by atoms with E-state index in [4.69, 9.17) is 10.2 Å². The quantitative estimate of drug-likeness (QED) is 0.486. The van der Waals surface area contributed by atoms with Gasteiger partial charge in [0.1, 0.15) is 12.1 Å². The minimum atomic E-state index is -0.720. The summed E-state index contributed by atoms with van der Waals surface area (Å²) in [6.45, 7) is 1.72. The number of nitrogens with one attached hydrogen (secondary N) is 2. The summed E-state index contributed by atoms with van der Waals surface area (Å²) in [4.78, 5) is 20.3. The molecule has 0 amide bonds. The Morgan fingerprint density at radius 2 is 1.24 bits per heavy atom. The van der Waals surface area contributed by atoms with Crippen molar-refractivity contribution in [1.82, 2.24) is 10.6 Å². The van der Waals surface area contributed by atoms with Crippen molar-refractivity contribution in [2.75, 3.05) is 13.1 Å². The summed E-state index contributed by atoms with van der Waals surface area (Å²) in [5.74, 6) is -1.44. The van der Waals surface area contributed by atoms with E-state index in [0.29, 0.717) is 0 Å². The van der Waals surface area contributed by atoms with E-state index in [1.165, 1.54) is 0 Å². The molecular formula is C10H20N2O5. The average Bonchev–Trinajstić information content (AvgIpc) is 2.93. The van der Waals surface area contributed by atoms with Gasteiger partial charge in [-0.3, -0.25) is 9.59 Å². The summed E-state index contributed by atoms with van der Waals surface area (Å²) in [5, 5.41) is 22.4. The maximum Gasteiger partial charge on any atom is 0.320 e. The third-order valence-corrected chi connectivity index (χ3v) is 2.72. The number of carboxylic acids is 2. The van der Waals surface area contributed by atoms with Crippen molar-refractivity contribution in [3.8, 4) is 0 Å². The van der Waals surface area contributed by atoms with Gasteiger partial charge < -0.3 is 26.3 Å². The first-order valence-corrected chi connectivity index (χ1v) is 5.53. The zero-order chi connectivity index (χ0) is 12.0. The van der Waals surface area contributed by atoms with Crippen LogP contribution in [0.1, 0.15) is 25.7 Å². The Kier molecular flexibility index (Phi) is 7.44. The maximum absolute atomic E-state index is 10.1. The van der Waals surface area contributed by atoms with Crippen molar-refractivity contribution < 1.29 is 25.3 Å². The smallest absolute Gasteiger partial charge is 0.320 e. The molecule has 0 saturated carbocycles. The Morgan fingerprint density at radius 3 is 1.35 bits per heavy atom. The molecule has 2 heterocycles. The van der Waals surface area contributed by atoms with Gasteiger partial charge in [-0.05, 0) is 38.8 Å². The highest BCUT2D eigenvalue weighted by molar-refractivity contribution is 5.74. The molecule has 0 spiro atoms. The Labute approximate surface area is 99.5 Å². The van der Waals surface area contributed by atoms with Crippen LogP contribution < -0.4 is 10.6 Å². The van der Waals surface area contributed by atoms with Gasteiger partial charge in [-0.2, -0.15) is 0 Å². The highest BCUT2D eigenvalue weighted by Crippen LogP contribution is 2.04. The van der Waals surface area contributed by atoms with Gasteiger partial charge in [0.25, 0.3) is 0 Å². The number of hydrogen-bond donors (Lipinski definition) is 4. The van der Waals surface area contributed by atoms with Crippen LogP contribution in [0, 0.1) is 0 Å². The molecule has 2 unspecified atom stereocenters. The van der Waals surface area contributed by atoms with E-state index in [1.807, 2.05) is 0 Å². The van der Waals surface area contributed by atoms with Crippen molar-refractivity contribution in [3.05, 3.63) is 0 Å². The molecule has 7 nitrogen and oxygen atoms in total. The predicted octanol–water partition coefficient (Wildman–Crippen LogP) is -1.18. The number of aliphatic carboxylic acids is 2. The first-order chi connectivity index (χ1) is 7.61. The minimum absolute atomic E-state index is 0. The number of carbonyl (C=O) groups is 2. The van der Waals surface area contributed by atoms with Crippen molar-refractivity contribution >= 4 is 11.9 Å². The SMILES string of the molecule is O.O=C(O)C1CCCN1.O=C(O)C1CCCN1. The van der Waals surface area contributed by atoms with Gasteiger partial charge in [0.05, 0.1) is 0 Å². The van der Waals surface area contributed by atoms with Crippen molar-refractivity contribution in [2.24, 2.45) is 0 Å². The van der Waals surface area contributed by atoms with Crippen LogP contribution in [-0.4, -0.2) is 52.8 Å². The van der Waals surface area contributed by atoms with Crippen LogP contribution >= 0.6 is 0 Å². The first kappa shape index (κ1) is 15.8. The van der Waals surface area contributed by atoms with Crippen LogP contribution in [-0.2, 0) is 9.59 Å². The van der Waals surface area contributed by atoms with Crippen LogP contribution in [0.3, 0.4) is 0 Å². The molecule has 0 aromatic heterocycles. The largest absolute Gasteiger partial charge is 0.480 e. The minimum Gasteiger partial charge on any atom is -0.480 e. The third kappa shape index (κ3) is 5.62. The molecule has 17 heavy (non-hydrogen) atoms. The van der Waals surface area contributed by atoms with Gasteiger partial charge in [-0.1, -0.05) is 0 Å². The van der Waals surface area contributed by atoms with Gasteiger partial charge in [0.2, 0.25) is 0 Å². The molecule has 2 saturated heterocycles. The van der Waals surface area contributed by atoms with E-state index in [-0.39, 0.29) is 17.6 Å². The normalized spacial score (nSPS) is 26.6. The molecule has 2 aliphatic heterocycles. The molecule has 0 radical (unpaired) electrons. The Hall–Kier alpha value is -1.18. The summed E-state index contributed by atoms with van der Waals surface area (Å²) in [7, 11) is 0. The molecule has 2 aliphatic rings. The molecule has 6 N–H and O–H groups in total. The second-order valence-corrected chi connectivity index (χ2v) is 3.97. The van der Waals surface area contributed by atoms with Gasteiger partial charge >= 0.3 is 11.9 Å². The highest BCUT2D eigenvalue weighted by atomic mass is 16.4. The summed E-state index contributed by atoms with van der Waals surface area (Å²) >= 11 is 0. The van der Waals surface area contributed by atoms with E-state index in [1.54, 1.807) is 0 Å². The van der Waals surface area contributed by atoms with Crippen molar-refractivity contribution in [1.29, 1.82) is 0 Å². The van der Waals surface area contributed by atoms with Crippen LogP contribution in [0.2, 0.25) is 0 Å². The molecule has 0 aromatic carbocycles. The fraction of sp³-hybridized carbons (Fsp3) is 0.800. The third-order valence-electron chi connectivity index (χ3n) is 2.72. The summed E-state index contributed by atoms with van der Waals surface area (Å²) in [6.07, 6.45) is 3.57. The second kappa shape index (κ2) is 7.99. The lowest BCUT2D eigenvalue weighted by atomic mass is 10.2. The molecule has 0 aliphatic carbocycles. The number of hydrogen-bond acceptors (Lipinski definition) is 4. The molecule has 0 bridgehead atoms. The molecule has 100 valence electrons. The van der Waals surface area contributed by atoms with Gasteiger partial charge in [0, 0.05) is 0 Å². The molecular weight excluding hydrogens is 228 g/mol. The standard InChI is InChI=1S/2C5H9NO2.H2O/c2*7-5(8)4-2-1-3-6-4;/h2*4,6H,1-3H2,(H,7,8);1H2. The fourth-order valence-corrected chi connectivity index (χ4v) is 1.79. The van der Waals surface area contributed by atoms with Crippen LogP contribution in [0.5, 0.6) is 0 Å². The van der Waals surface area contributed by atoms with Crippen LogP contribution in [0.15, 0.2) is 0 Å². The van der Waals surface area contributed by atoms with Gasteiger partial charge in [-0.25, -0.2) is 0 Å². The first-order valence-electron chi connectivity index (χ1n) is 5.53. The summed E-state index contributed by atoms with van der Waals surface area (Å²) < 4.78 is 0. The zero-order valence-electron chi connectivity index (χ0n) is 9.61. The summed E-state index contributed by atoms with van der Waals surface area (Å²) in [6, 6.07) is -0.537. The molecule has 2 fully saturated rings. The zero-order valence-corrected chi connectivity index (χ0v) is 9.61. The van der Waals surface area contributed by atoms with Crippen LogP contribution in [0.4, 0.5) is 0 Å². The summed E-state index contributed by atoms with van der Waals surface area (Å²) in [5.41, 5.74) is 0. The Bertz CT molecular complexity index is 221. The van der Waals surface area contributed by atoms with E-state index in [0.717, 1.165) is 38.8 Å². The molecule has 0 aromatic rings. The van der Waals surface area contributed by atoms with E-state index in [9.17, 15) is 9.59 Å². The predicted molar refractivity (Wildman–Crippen MR) is 60.9 cm³/mol. The topological polar surface area (TPSA) is 130 Å². The monoisotopic (exact) mass is 248 g/mol. The van der Waals surface area contributed by atoms with Gasteiger partial charge in [0.15, 0.2) is 0 Å². The lowest BCUT2D eigenvalue weighted by Gasteiger charge is -1.99. The second-order valence-electron chi connectivity index (χ2n) is 3.97. The Balaban J connectivity index is 0.000000284. The Morgan fingerprint density at radius 1 is 0.882 bits per heavy atom.